The van der Waals surface area contributed by atoms with Crippen molar-refractivity contribution >= 4 is 28.2 Å². The van der Waals surface area contributed by atoms with E-state index in [9.17, 15) is 4.21 Å². The molecule has 1 fully saturated rings. The molecule has 0 aromatic carbocycles. The van der Waals surface area contributed by atoms with E-state index in [1.807, 2.05) is 6.07 Å². The van der Waals surface area contributed by atoms with Crippen LogP contribution in [0.5, 0.6) is 0 Å². The van der Waals surface area contributed by atoms with Gasteiger partial charge in [0.2, 0.25) is 0 Å². The Hall–Kier alpha value is -0.650. The highest BCUT2D eigenvalue weighted by Gasteiger charge is 2.17. The van der Waals surface area contributed by atoms with Crippen molar-refractivity contribution in [1.29, 1.82) is 0 Å². The number of nitrogens with one attached hydrogen (secondary N) is 1. The molecule has 0 amide bonds. The normalized spacial score (nSPS) is 16.9. The summed E-state index contributed by atoms with van der Waals surface area (Å²) in [6, 6.07) is 2.05. The average molecular weight is 316 g/mol. The van der Waals surface area contributed by atoms with Gasteiger partial charge in [-0.15, -0.1) is 0 Å². The molecule has 1 aliphatic rings. The van der Waals surface area contributed by atoms with E-state index in [0.29, 0.717) is 10.9 Å². The lowest BCUT2D eigenvalue weighted by atomic mass is 10.2. The standard InChI is InChI=1S/C14H22ClN3OS/c1-11(2)8-16-9-12-7-14(17-10-13(12)15)18-3-5-20(19)6-4-18/h7,10-11,16H,3-6,8-9H2,1-2H3. The zero-order valence-electron chi connectivity index (χ0n) is 12.1. The number of aromatic nitrogens is 1. The summed E-state index contributed by atoms with van der Waals surface area (Å²) < 4.78 is 11.4. The van der Waals surface area contributed by atoms with Gasteiger partial charge in [-0.05, 0) is 24.1 Å². The third-order valence-corrected chi connectivity index (χ3v) is 4.91. The second kappa shape index (κ2) is 7.38. The van der Waals surface area contributed by atoms with Gasteiger partial charge in [0.25, 0.3) is 0 Å². The number of halogens is 1. The lowest BCUT2D eigenvalue weighted by Gasteiger charge is -2.27. The molecule has 1 aromatic rings. The van der Waals surface area contributed by atoms with Gasteiger partial charge in [0.15, 0.2) is 0 Å². The van der Waals surface area contributed by atoms with Crippen molar-refractivity contribution in [2.24, 2.45) is 5.92 Å². The first-order chi connectivity index (χ1) is 9.56. The molecule has 1 N–H and O–H groups in total. The molecule has 0 aliphatic carbocycles. The molecule has 20 heavy (non-hydrogen) atoms. The summed E-state index contributed by atoms with van der Waals surface area (Å²) in [5.74, 6) is 3.01. The number of hydrogen-bond acceptors (Lipinski definition) is 4. The van der Waals surface area contributed by atoms with Gasteiger partial charge in [0, 0.05) is 48.1 Å². The van der Waals surface area contributed by atoms with E-state index in [4.69, 9.17) is 11.6 Å². The molecule has 1 saturated heterocycles. The molecule has 2 heterocycles. The minimum atomic E-state index is -0.662. The summed E-state index contributed by atoms with van der Waals surface area (Å²) in [4.78, 5) is 6.58. The molecule has 112 valence electrons. The third-order valence-electron chi connectivity index (χ3n) is 3.29. The minimum absolute atomic E-state index is 0.618. The molecule has 2 rings (SSSR count). The number of nitrogens with zero attached hydrogens (tertiary/aromatic N) is 2. The fourth-order valence-corrected chi connectivity index (χ4v) is 3.36. The fourth-order valence-electron chi connectivity index (χ4n) is 2.14. The summed E-state index contributed by atoms with van der Waals surface area (Å²) in [5, 5.41) is 4.10. The van der Waals surface area contributed by atoms with Crippen LogP contribution in [-0.4, -0.2) is 40.3 Å². The van der Waals surface area contributed by atoms with Crippen LogP contribution >= 0.6 is 11.6 Å². The monoisotopic (exact) mass is 315 g/mol. The molecule has 6 heteroatoms. The van der Waals surface area contributed by atoms with Crippen LogP contribution in [0.1, 0.15) is 19.4 Å². The first kappa shape index (κ1) is 15.7. The number of pyridine rings is 1. The maximum absolute atomic E-state index is 11.4. The molecule has 0 saturated carbocycles. The highest BCUT2D eigenvalue weighted by Crippen LogP contribution is 2.21. The van der Waals surface area contributed by atoms with Crippen molar-refractivity contribution in [3.05, 3.63) is 22.8 Å². The van der Waals surface area contributed by atoms with Gasteiger partial charge in [-0.1, -0.05) is 25.4 Å². The van der Waals surface area contributed by atoms with Crippen LogP contribution in [0.4, 0.5) is 5.82 Å². The molecule has 0 bridgehead atoms. The van der Waals surface area contributed by atoms with Gasteiger partial charge < -0.3 is 10.2 Å². The zero-order valence-corrected chi connectivity index (χ0v) is 13.6. The van der Waals surface area contributed by atoms with Gasteiger partial charge in [-0.25, -0.2) is 4.98 Å². The van der Waals surface area contributed by atoms with Crippen LogP contribution in [0.3, 0.4) is 0 Å². The predicted molar refractivity (Wildman–Crippen MR) is 85.9 cm³/mol. The molecule has 0 radical (unpaired) electrons. The largest absolute Gasteiger partial charge is 0.355 e. The van der Waals surface area contributed by atoms with E-state index in [-0.39, 0.29) is 0 Å². The lowest BCUT2D eigenvalue weighted by Crippen LogP contribution is -2.38. The molecule has 0 spiro atoms. The summed E-state index contributed by atoms with van der Waals surface area (Å²) in [5.41, 5.74) is 1.07. The first-order valence-electron chi connectivity index (χ1n) is 7.01. The Bertz CT molecular complexity index is 471. The summed E-state index contributed by atoms with van der Waals surface area (Å²) in [6.07, 6.45) is 1.72. The maximum atomic E-state index is 11.4. The summed E-state index contributed by atoms with van der Waals surface area (Å²) in [6.45, 7) is 7.70. The van der Waals surface area contributed by atoms with Crippen molar-refractivity contribution in [2.45, 2.75) is 20.4 Å². The van der Waals surface area contributed by atoms with E-state index >= 15 is 0 Å². The smallest absolute Gasteiger partial charge is 0.128 e. The molecular weight excluding hydrogens is 294 g/mol. The molecule has 1 aromatic heterocycles. The van der Waals surface area contributed by atoms with E-state index in [1.165, 1.54) is 0 Å². The Morgan fingerprint density at radius 2 is 2.15 bits per heavy atom. The fraction of sp³-hybridized carbons (Fsp3) is 0.643. The highest BCUT2D eigenvalue weighted by atomic mass is 35.5. The average Bonchev–Trinajstić information content (AvgIpc) is 2.41. The van der Waals surface area contributed by atoms with Crippen molar-refractivity contribution < 1.29 is 4.21 Å². The van der Waals surface area contributed by atoms with Crippen molar-refractivity contribution in [3.63, 3.8) is 0 Å². The Labute approximate surface area is 128 Å². The Balaban J connectivity index is 2.02. The number of rotatable bonds is 5. The molecular formula is C14H22ClN3OS. The highest BCUT2D eigenvalue weighted by molar-refractivity contribution is 7.85. The van der Waals surface area contributed by atoms with Crippen molar-refractivity contribution in [2.75, 3.05) is 36.0 Å². The summed E-state index contributed by atoms with van der Waals surface area (Å²) in [7, 11) is -0.662. The van der Waals surface area contributed by atoms with Crippen LogP contribution in [0.2, 0.25) is 5.02 Å². The Morgan fingerprint density at radius 1 is 1.45 bits per heavy atom. The van der Waals surface area contributed by atoms with E-state index < -0.39 is 10.8 Å². The van der Waals surface area contributed by atoms with Gasteiger partial charge in [0.05, 0.1) is 5.02 Å². The van der Waals surface area contributed by atoms with E-state index in [1.54, 1.807) is 6.20 Å². The first-order valence-corrected chi connectivity index (χ1v) is 8.88. The molecule has 4 nitrogen and oxygen atoms in total. The van der Waals surface area contributed by atoms with E-state index in [2.05, 4.69) is 29.0 Å². The number of hydrogen-bond donors (Lipinski definition) is 1. The van der Waals surface area contributed by atoms with Crippen LogP contribution in [0.15, 0.2) is 12.3 Å². The minimum Gasteiger partial charge on any atom is -0.355 e. The van der Waals surface area contributed by atoms with Crippen molar-refractivity contribution in [1.82, 2.24) is 10.3 Å². The number of anilines is 1. The van der Waals surface area contributed by atoms with Gasteiger partial charge in [-0.2, -0.15) is 0 Å². The van der Waals surface area contributed by atoms with E-state index in [0.717, 1.165) is 49.1 Å². The van der Waals surface area contributed by atoms with Gasteiger partial charge in [-0.3, -0.25) is 4.21 Å². The molecule has 0 atom stereocenters. The second-order valence-corrected chi connectivity index (χ2v) is 7.60. The third kappa shape index (κ3) is 4.43. The SMILES string of the molecule is CC(C)CNCc1cc(N2CCS(=O)CC2)ncc1Cl. The summed E-state index contributed by atoms with van der Waals surface area (Å²) >= 11 is 6.20. The maximum Gasteiger partial charge on any atom is 0.128 e. The van der Waals surface area contributed by atoms with Crippen LogP contribution < -0.4 is 10.2 Å². The van der Waals surface area contributed by atoms with Gasteiger partial charge >= 0.3 is 0 Å². The predicted octanol–water partition coefficient (Wildman–Crippen LogP) is 2.05. The lowest BCUT2D eigenvalue weighted by molar-refractivity contribution is 0.552. The Morgan fingerprint density at radius 3 is 2.80 bits per heavy atom. The second-order valence-electron chi connectivity index (χ2n) is 5.49. The quantitative estimate of drug-likeness (QED) is 0.903. The van der Waals surface area contributed by atoms with Crippen molar-refractivity contribution in [3.8, 4) is 0 Å². The van der Waals surface area contributed by atoms with Crippen LogP contribution in [-0.2, 0) is 17.3 Å². The Kier molecular flexibility index (Phi) is 5.81. The van der Waals surface area contributed by atoms with Crippen LogP contribution in [0.25, 0.3) is 0 Å². The topological polar surface area (TPSA) is 45.2 Å². The molecule has 1 aliphatic heterocycles. The molecule has 0 unspecified atom stereocenters. The van der Waals surface area contributed by atoms with Gasteiger partial charge in [0.1, 0.15) is 5.82 Å². The van der Waals surface area contributed by atoms with Crippen LogP contribution in [0, 0.1) is 5.92 Å². The zero-order chi connectivity index (χ0) is 14.5.